The van der Waals surface area contributed by atoms with Gasteiger partial charge in [-0.1, -0.05) is 13.0 Å². The third-order valence-electron chi connectivity index (χ3n) is 4.22. The quantitative estimate of drug-likeness (QED) is 0.542. The van der Waals surface area contributed by atoms with E-state index in [1.807, 2.05) is 24.4 Å². The number of aryl methyl sites for hydroxylation is 2. The van der Waals surface area contributed by atoms with Crippen LogP contribution in [0.25, 0.3) is 22.7 Å². The number of aromatic nitrogens is 4. The van der Waals surface area contributed by atoms with Gasteiger partial charge < -0.3 is 9.15 Å². The lowest BCUT2D eigenvalue weighted by Gasteiger charge is -2.05. The van der Waals surface area contributed by atoms with Gasteiger partial charge in [-0.15, -0.1) is 0 Å². The van der Waals surface area contributed by atoms with E-state index >= 15 is 0 Å². The summed E-state index contributed by atoms with van der Waals surface area (Å²) in [5.41, 5.74) is 3.65. The molecular formula is C20H18N4O3. The number of hydrogen-bond donors (Lipinski definition) is 0. The van der Waals surface area contributed by atoms with Gasteiger partial charge in [-0.2, -0.15) is 5.10 Å². The fourth-order valence-electron chi connectivity index (χ4n) is 2.63. The van der Waals surface area contributed by atoms with E-state index in [9.17, 15) is 4.79 Å². The average Bonchev–Trinajstić information content (AvgIpc) is 3.12. The second-order valence-electron chi connectivity index (χ2n) is 6.13. The van der Waals surface area contributed by atoms with Gasteiger partial charge in [0, 0.05) is 25.4 Å². The van der Waals surface area contributed by atoms with Crippen LogP contribution < -0.4 is 10.3 Å². The van der Waals surface area contributed by atoms with Crippen molar-refractivity contribution in [2.75, 3.05) is 0 Å². The van der Waals surface area contributed by atoms with Crippen molar-refractivity contribution in [3.63, 3.8) is 0 Å². The van der Waals surface area contributed by atoms with Crippen LogP contribution in [0.15, 0.2) is 57.9 Å². The number of rotatable bonds is 5. The molecular weight excluding hydrogens is 344 g/mol. The summed E-state index contributed by atoms with van der Waals surface area (Å²) < 4.78 is 12.8. The first kappa shape index (κ1) is 17.0. The van der Waals surface area contributed by atoms with Crippen LogP contribution in [-0.2, 0) is 20.1 Å². The maximum atomic E-state index is 11.5. The van der Waals surface area contributed by atoms with Gasteiger partial charge in [-0.3, -0.25) is 9.78 Å². The summed E-state index contributed by atoms with van der Waals surface area (Å²) in [6.07, 6.45) is 2.83. The molecule has 1 aromatic carbocycles. The molecule has 4 rings (SSSR count). The largest absolute Gasteiger partial charge is 0.487 e. The molecule has 7 nitrogen and oxygen atoms in total. The van der Waals surface area contributed by atoms with E-state index in [-0.39, 0.29) is 5.56 Å². The molecule has 0 radical (unpaired) electrons. The molecule has 27 heavy (non-hydrogen) atoms. The standard InChI is InChI=1S/C20H18N4O3/c1-3-13-4-5-14(21-11-13)12-26-15-6-8-18-17(10-15)22-20(27-18)16-7-9-19(25)24(2)23-16/h4-11H,3,12H2,1-2H3. The second kappa shape index (κ2) is 7.03. The normalized spacial score (nSPS) is 11.0. The number of benzene rings is 1. The van der Waals surface area contributed by atoms with Gasteiger partial charge in [0.05, 0.1) is 5.69 Å². The van der Waals surface area contributed by atoms with Gasteiger partial charge in [0.1, 0.15) is 23.6 Å². The van der Waals surface area contributed by atoms with Crippen molar-refractivity contribution in [2.45, 2.75) is 20.0 Å². The topological polar surface area (TPSA) is 83.0 Å². The summed E-state index contributed by atoms with van der Waals surface area (Å²) in [6.45, 7) is 2.47. The van der Waals surface area contributed by atoms with Crippen LogP contribution >= 0.6 is 0 Å². The van der Waals surface area contributed by atoms with Gasteiger partial charge in [0.25, 0.3) is 5.56 Å². The molecule has 136 valence electrons. The Hall–Kier alpha value is -3.48. The Kier molecular flexibility index (Phi) is 4.42. The van der Waals surface area contributed by atoms with Crippen molar-refractivity contribution in [3.05, 3.63) is 70.3 Å². The highest BCUT2D eigenvalue weighted by Gasteiger charge is 2.11. The number of fused-ring (bicyclic) bond motifs is 1. The SMILES string of the molecule is CCc1ccc(COc2ccc3oc(-c4ccc(=O)n(C)n4)nc3c2)nc1. The fraction of sp³-hybridized carbons (Fsp3) is 0.200. The van der Waals surface area contributed by atoms with Gasteiger partial charge in [-0.05, 0) is 36.2 Å². The van der Waals surface area contributed by atoms with Crippen molar-refractivity contribution in [2.24, 2.45) is 7.05 Å². The maximum Gasteiger partial charge on any atom is 0.266 e. The highest BCUT2D eigenvalue weighted by atomic mass is 16.5. The summed E-state index contributed by atoms with van der Waals surface area (Å²) in [5.74, 6) is 1.03. The number of nitrogens with zero attached hydrogens (tertiary/aromatic N) is 4. The van der Waals surface area contributed by atoms with E-state index in [1.54, 1.807) is 19.2 Å². The molecule has 0 aliphatic heterocycles. The number of ether oxygens (including phenoxy) is 1. The first-order valence-electron chi connectivity index (χ1n) is 8.64. The molecule has 4 aromatic rings. The van der Waals surface area contributed by atoms with Gasteiger partial charge in [0.2, 0.25) is 5.89 Å². The predicted octanol–water partition coefficient (Wildman–Crippen LogP) is 3.12. The monoisotopic (exact) mass is 362 g/mol. The lowest BCUT2D eigenvalue weighted by molar-refractivity contribution is 0.301. The molecule has 0 saturated heterocycles. The van der Waals surface area contributed by atoms with Crippen LogP contribution in [0.2, 0.25) is 0 Å². The first-order valence-corrected chi connectivity index (χ1v) is 8.64. The van der Waals surface area contributed by atoms with Crippen molar-refractivity contribution >= 4 is 11.1 Å². The summed E-state index contributed by atoms with van der Waals surface area (Å²) in [4.78, 5) is 20.3. The van der Waals surface area contributed by atoms with E-state index in [0.29, 0.717) is 35.0 Å². The van der Waals surface area contributed by atoms with E-state index < -0.39 is 0 Å². The zero-order chi connectivity index (χ0) is 18.8. The van der Waals surface area contributed by atoms with Crippen LogP contribution in [-0.4, -0.2) is 19.7 Å². The fourth-order valence-corrected chi connectivity index (χ4v) is 2.63. The Balaban J connectivity index is 1.54. The Morgan fingerprint density at radius 3 is 2.78 bits per heavy atom. The van der Waals surface area contributed by atoms with Gasteiger partial charge >= 0.3 is 0 Å². The molecule has 7 heteroatoms. The molecule has 0 aliphatic rings. The molecule has 0 saturated carbocycles. The summed E-state index contributed by atoms with van der Waals surface area (Å²) in [7, 11) is 1.58. The minimum Gasteiger partial charge on any atom is -0.487 e. The Labute approximate surface area is 155 Å². The molecule has 3 aromatic heterocycles. The van der Waals surface area contributed by atoms with Crippen molar-refractivity contribution < 1.29 is 9.15 Å². The van der Waals surface area contributed by atoms with E-state index in [2.05, 4.69) is 28.1 Å². The van der Waals surface area contributed by atoms with Crippen LogP contribution in [0, 0.1) is 0 Å². The van der Waals surface area contributed by atoms with E-state index in [0.717, 1.165) is 12.1 Å². The van der Waals surface area contributed by atoms with Crippen LogP contribution in [0.4, 0.5) is 0 Å². The molecule has 3 heterocycles. The number of pyridine rings is 1. The van der Waals surface area contributed by atoms with Crippen molar-refractivity contribution in [1.82, 2.24) is 19.7 Å². The zero-order valence-corrected chi connectivity index (χ0v) is 15.0. The van der Waals surface area contributed by atoms with E-state index in [4.69, 9.17) is 9.15 Å². The lowest BCUT2D eigenvalue weighted by Crippen LogP contribution is -2.18. The molecule has 0 amide bonds. The summed E-state index contributed by atoms with van der Waals surface area (Å²) in [5, 5.41) is 4.16. The highest BCUT2D eigenvalue weighted by molar-refractivity contribution is 5.77. The predicted molar refractivity (Wildman–Crippen MR) is 100 cm³/mol. The summed E-state index contributed by atoms with van der Waals surface area (Å²) >= 11 is 0. The third kappa shape index (κ3) is 3.57. The Morgan fingerprint density at radius 2 is 2.04 bits per heavy atom. The lowest BCUT2D eigenvalue weighted by atomic mass is 10.2. The number of oxazole rings is 1. The van der Waals surface area contributed by atoms with Crippen molar-refractivity contribution in [1.29, 1.82) is 0 Å². The van der Waals surface area contributed by atoms with Gasteiger partial charge in [-0.25, -0.2) is 9.67 Å². The van der Waals surface area contributed by atoms with Crippen LogP contribution in [0.5, 0.6) is 5.75 Å². The number of hydrogen-bond acceptors (Lipinski definition) is 6. The van der Waals surface area contributed by atoms with E-state index in [1.165, 1.54) is 16.3 Å². The summed E-state index contributed by atoms with van der Waals surface area (Å²) in [6, 6.07) is 12.5. The zero-order valence-electron chi connectivity index (χ0n) is 15.0. The minimum absolute atomic E-state index is 0.189. The molecule has 0 atom stereocenters. The molecule has 0 fully saturated rings. The molecule has 0 bridgehead atoms. The molecule has 0 unspecified atom stereocenters. The molecule has 0 N–H and O–H groups in total. The molecule has 0 aliphatic carbocycles. The smallest absolute Gasteiger partial charge is 0.266 e. The van der Waals surface area contributed by atoms with Crippen LogP contribution in [0.1, 0.15) is 18.2 Å². The highest BCUT2D eigenvalue weighted by Crippen LogP contribution is 2.26. The third-order valence-corrected chi connectivity index (χ3v) is 4.22. The van der Waals surface area contributed by atoms with Crippen molar-refractivity contribution in [3.8, 4) is 17.3 Å². The minimum atomic E-state index is -0.189. The van der Waals surface area contributed by atoms with Crippen LogP contribution in [0.3, 0.4) is 0 Å². The first-order chi connectivity index (χ1) is 13.1. The maximum absolute atomic E-state index is 11.5. The van der Waals surface area contributed by atoms with Gasteiger partial charge in [0.15, 0.2) is 5.58 Å². The Bertz CT molecular complexity index is 1150. The Morgan fingerprint density at radius 1 is 1.15 bits per heavy atom. The average molecular weight is 362 g/mol. The second-order valence-corrected chi connectivity index (χ2v) is 6.13. The molecule has 0 spiro atoms.